The Kier molecular flexibility index (Phi) is 5.84. The van der Waals surface area contributed by atoms with Crippen LogP contribution in [0.5, 0.6) is 11.5 Å². The Morgan fingerprint density at radius 2 is 1.90 bits per heavy atom. The van der Waals surface area contributed by atoms with Crippen LogP contribution in [0.4, 0.5) is 4.39 Å². The number of nitrogens with zero attached hydrogens (tertiary/aromatic N) is 1. The summed E-state index contributed by atoms with van der Waals surface area (Å²) in [5.41, 5.74) is 3.21. The highest BCUT2D eigenvalue weighted by Crippen LogP contribution is 2.36. The van der Waals surface area contributed by atoms with Crippen LogP contribution in [0.1, 0.15) is 22.6 Å². The smallest absolute Gasteiger partial charge is 0.214 e. The second-order valence-corrected chi connectivity index (χ2v) is 7.19. The molecule has 0 saturated carbocycles. The summed E-state index contributed by atoms with van der Waals surface area (Å²) in [7, 11) is 1.52. The van der Waals surface area contributed by atoms with Crippen LogP contribution in [-0.4, -0.2) is 23.6 Å². The number of nitrogens with one attached hydrogen (secondary N) is 1. The van der Waals surface area contributed by atoms with E-state index in [1.165, 1.54) is 19.2 Å². The van der Waals surface area contributed by atoms with Gasteiger partial charge in [0.05, 0.1) is 13.0 Å². The number of aromatic nitrogens is 1. The average molecular weight is 420 g/mol. The molecule has 0 aliphatic heterocycles. The summed E-state index contributed by atoms with van der Waals surface area (Å²) in [6.45, 7) is -0.0806. The third kappa shape index (κ3) is 4.50. The van der Waals surface area contributed by atoms with Gasteiger partial charge in [-0.05, 0) is 47.0 Å². The maximum atomic E-state index is 13.4. The number of H-pyrrole nitrogens is 1. The highest BCUT2D eigenvalue weighted by atomic mass is 19.1. The van der Waals surface area contributed by atoms with Gasteiger partial charge in [-0.25, -0.2) is 4.39 Å². The third-order valence-electron chi connectivity index (χ3n) is 5.20. The van der Waals surface area contributed by atoms with E-state index in [0.717, 1.165) is 22.0 Å². The van der Waals surface area contributed by atoms with Crippen molar-refractivity contribution in [2.24, 2.45) is 0 Å². The standard InChI is InChI=1S/C24H21FN2O4/c1-30-24-12-17(9-10-23(24)31-15-16-5-4-6-18(25)11-16)21(14-27(28)29)20-13-26-22-8-3-2-7-19(20)22/h2-13,21,26H,14-15H2,1H3/t21-/m0/s1. The fourth-order valence-electron chi connectivity index (χ4n) is 3.72. The molecule has 1 atom stereocenters. The number of nitro groups is 1. The van der Waals surface area contributed by atoms with Crippen LogP contribution in [0.2, 0.25) is 0 Å². The van der Waals surface area contributed by atoms with Crippen molar-refractivity contribution in [3.63, 3.8) is 0 Å². The Bertz CT molecular complexity index is 1220. The maximum Gasteiger partial charge on any atom is 0.214 e. The Hall–Kier alpha value is -3.87. The van der Waals surface area contributed by atoms with Crippen molar-refractivity contribution in [2.45, 2.75) is 12.5 Å². The number of hydrogen-bond acceptors (Lipinski definition) is 4. The number of fused-ring (bicyclic) bond motifs is 1. The van der Waals surface area contributed by atoms with Crippen LogP contribution in [0.25, 0.3) is 10.9 Å². The minimum absolute atomic E-state index is 0.175. The molecule has 158 valence electrons. The van der Waals surface area contributed by atoms with Crippen molar-refractivity contribution in [3.8, 4) is 11.5 Å². The minimum Gasteiger partial charge on any atom is -0.493 e. The number of aromatic amines is 1. The summed E-state index contributed by atoms with van der Waals surface area (Å²) in [5.74, 6) is 0.151. The highest BCUT2D eigenvalue weighted by molar-refractivity contribution is 5.84. The highest BCUT2D eigenvalue weighted by Gasteiger charge is 2.24. The maximum absolute atomic E-state index is 13.4. The van der Waals surface area contributed by atoms with Gasteiger partial charge in [0, 0.05) is 22.0 Å². The van der Waals surface area contributed by atoms with Crippen molar-refractivity contribution < 1.29 is 18.8 Å². The number of rotatable bonds is 8. The zero-order valence-corrected chi connectivity index (χ0v) is 16.9. The summed E-state index contributed by atoms with van der Waals surface area (Å²) in [6.07, 6.45) is 1.82. The molecule has 0 radical (unpaired) electrons. The van der Waals surface area contributed by atoms with Gasteiger partial charge in [0.25, 0.3) is 0 Å². The normalized spacial score (nSPS) is 11.9. The Balaban J connectivity index is 1.65. The van der Waals surface area contributed by atoms with Gasteiger partial charge >= 0.3 is 0 Å². The molecule has 0 unspecified atom stereocenters. The first-order chi connectivity index (χ1) is 15.0. The molecule has 1 N–H and O–H groups in total. The molecule has 1 aromatic heterocycles. The molecule has 7 heteroatoms. The number of halogens is 1. The lowest BCUT2D eigenvalue weighted by atomic mass is 9.90. The first-order valence-electron chi connectivity index (χ1n) is 9.78. The van der Waals surface area contributed by atoms with Crippen molar-refractivity contribution >= 4 is 10.9 Å². The molecular weight excluding hydrogens is 399 g/mol. The first-order valence-corrected chi connectivity index (χ1v) is 9.78. The van der Waals surface area contributed by atoms with Crippen LogP contribution in [-0.2, 0) is 6.61 Å². The molecule has 4 rings (SSSR count). The van der Waals surface area contributed by atoms with Crippen LogP contribution in [0.3, 0.4) is 0 Å². The van der Waals surface area contributed by atoms with Crippen LogP contribution in [0, 0.1) is 15.9 Å². The summed E-state index contributed by atoms with van der Waals surface area (Å²) in [5, 5.41) is 12.4. The van der Waals surface area contributed by atoms with E-state index in [1.54, 1.807) is 30.3 Å². The lowest BCUT2D eigenvalue weighted by Crippen LogP contribution is -2.14. The van der Waals surface area contributed by atoms with Gasteiger partial charge in [0.1, 0.15) is 12.4 Å². The fraction of sp³-hybridized carbons (Fsp3) is 0.167. The molecule has 0 amide bonds. The van der Waals surface area contributed by atoms with E-state index < -0.39 is 5.92 Å². The molecule has 0 fully saturated rings. The van der Waals surface area contributed by atoms with Crippen LogP contribution >= 0.6 is 0 Å². The topological polar surface area (TPSA) is 77.4 Å². The molecule has 6 nitrogen and oxygen atoms in total. The summed E-state index contributed by atoms with van der Waals surface area (Å²) in [6, 6.07) is 19.2. The van der Waals surface area contributed by atoms with Crippen LogP contribution in [0.15, 0.2) is 72.9 Å². The molecule has 0 bridgehead atoms. The first kappa shape index (κ1) is 20.4. The van der Waals surface area contributed by atoms with E-state index in [9.17, 15) is 14.5 Å². The van der Waals surface area contributed by atoms with Crippen molar-refractivity contribution in [3.05, 3.63) is 106 Å². The van der Waals surface area contributed by atoms with Crippen molar-refractivity contribution in [1.29, 1.82) is 0 Å². The number of hydrogen-bond donors (Lipinski definition) is 1. The Morgan fingerprint density at radius 3 is 2.68 bits per heavy atom. The van der Waals surface area contributed by atoms with Crippen molar-refractivity contribution in [1.82, 2.24) is 4.98 Å². The molecule has 0 saturated heterocycles. The van der Waals surface area contributed by atoms with Gasteiger partial charge < -0.3 is 14.5 Å². The Morgan fingerprint density at radius 1 is 1.06 bits per heavy atom. The van der Waals surface area contributed by atoms with E-state index >= 15 is 0 Å². The second-order valence-electron chi connectivity index (χ2n) is 7.19. The molecule has 4 aromatic rings. The monoisotopic (exact) mass is 420 g/mol. The fourth-order valence-corrected chi connectivity index (χ4v) is 3.72. The molecule has 0 aliphatic carbocycles. The van der Waals surface area contributed by atoms with E-state index in [1.807, 2.05) is 30.5 Å². The molecule has 3 aromatic carbocycles. The van der Waals surface area contributed by atoms with Gasteiger partial charge in [-0.1, -0.05) is 36.4 Å². The van der Waals surface area contributed by atoms with Gasteiger partial charge in [-0.3, -0.25) is 10.1 Å². The predicted molar refractivity (Wildman–Crippen MR) is 116 cm³/mol. The van der Waals surface area contributed by atoms with E-state index in [0.29, 0.717) is 17.1 Å². The summed E-state index contributed by atoms with van der Waals surface area (Å²) in [4.78, 5) is 14.3. The average Bonchev–Trinajstić information content (AvgIpc) is 3.20. The van der Waals surface area contributed by atoms with Gasteiger partial charge in [-0.2, -0.15) is 0 Å². The lowest BCUT2D eigenvalue weighted by molar-refractivity contribution is -0.481. The number of para-hydroxylation sites is 1. The number of methoxy groups -OCH3 is 1. The van der Waals surface area contributed by atoms with E-state index in [-0.39, 0.29) is 23.9 Å². The quantitative estimate of drug-likeness (QED) is 0.310. The predicted octanol–water partition coefficient (Wildman–Crippen LogP) is 5.30. The SMILES string of the molecule is COc1cc([C@H](C[N+](=O)[O-])c2c[nH]c3ccccc23)ccc1OCc1cccc(F)c1. The van der Waals surface area contributed by atoms with E-state index in [2.05, 4.69) is 4.98 Å². The summed E-state index contributed by atoms with van der Waals surface area (Å²) >= 11 is 0. The van der Waals surface area contributed by atoms with Crippen molar-refractivity contribution in [2.75, 3.05) is 13.7 Å². The second kappa shape index (κ2) is 8.87. The third-order valence-corrected chi connectivity index (χ3v) is 5.20. The zero-order chi connectivity index (χ0) is 21.8. The zero-order valence-electron chi connectivity index (χ0n) is 16.9. The largest absolute Gasteiger partial charge is 0.493 e. The van der Waals surface area contributed by atoms with Crippen LogP contribution < -0.4 is 9.47 Å². The van der Waals surface area contributed by atoms with E-state index in [4.69, 9.17) is 9.47 Å². The molecule has 0 aliphatic rings. The number of ether oxygens (including phenoxy) is 2. The molecule has 31 heavy (non-hydrogen) atoms. The van der Waals surface area contributed by atoms with Gasteiger partial charge in [-0.15, -0.1) is 0 Å². The molecule has 1 heterocycles. The number of benzene rings is 3. The summed E-state index contributed by atoms with van der Waals surface area (Å²) < 4.78 is 24.7. The van der Waals surface area contributed by atoms with Gasteiger partial charge in [0.2, 0.25) is 6.54 Å². The molecule has 0 spiro atoms. The van der Waals surface area contributed by atoms with Gasteiger partial charge in [0.15, 0.2) is 11.5 Å². The molecular formula is C24H21FN2O4. The minimum atomic E-state index is -0.461. The Labute approximate surface area is 178 Å². The lowest BCUT2D eigenvalue weighted by Gasteiger charge is -2.17.